The number of pyridine rings is 1. The first-order chi connectivity index (χ1) is 4.84. The molecule has 12 heavy (non-hydrogen) atoms. The molecular formula is C7H11Cl3N2. The first-order valence-electron chi connectivity index (χ1n) is 3.08. The van der Waals surface area contributed by atoms with Gasteiger partial charge in [0.05, 0.1) is 10.7 Å². The van der Waals surface area contributed by atoms with E-state index in [1.54, 1.807) is 6.20 Å². The van der Waals surface area contributed by atoms with E-state index in [0.717, 1.165) is 17.3 Å². The summed E-state index contributed by atoms with van der Waals surface area (Å²) < 4.78 is 0. The molecule has 0 spiro atoms. The molecule has 0 radical (unpaired) electrons. The van der Waals surface area contributed by atoms with Crippen molar-refractivity contribution in [3.8, 4) is 0 Å². The third kappa shape index (κ3) is 4.12. The van der Waals surface area contributed by atoms with Crippen LogP contribution in [0.1, 0.15) is 5.69 Å². The predicted molar refractivity (Wildman–Crippen MR) is 56.5 cm³/mol. The zero-order valence-corrected chi connectivity index (χ0v) is 8.97. The van der Waals surface area contributed by atoms with Crippen LogP contribution >= 0.6 is 36.4 Å². The second-order valence-electron chi connectivity index (χ2n) is 1.96. The molecule has 1 heterocycles. The van der Waals surface area contributed by atoms with Crippen molar-refractivity contribution in [2.75, 3.05) is 7.05 Å². The van der Waals surface area contributed by atoms with Crippen molar-refractivity contribution in [3.05, 3.63) is 29.0 Å². The molecule has 0 saturated carbocycles. The molecule has 0 unspecified atom stereocenters. The van der Waals surface area contributed by atoms with E-state index in [1.807, 2.05) is 19.2 Å². The Kier molecular flexibility index (Phi) is 9.21. The van der Waals surface area contributed by atoms with E-state index < -0.39 is 0 Å². The average Bonchev–Trinajstić information content (AvgIpc) is 1.94. The van der Waals surface area contributed by atoms with Gasteiger partial charge in [-0.25, -0.2) is 0 Å². The minimum absolute atomic E-state index is 0. The molecule has 1 rings (SSSR count). The molecule has 0 aliphatic rings. The first-order valence-corrected chi connectivity index (χ1v) is 3.46. The molecule has 1 aromatic rings. The highest BCUT2D eigenvalue weighted by Gasteiger charge is 1.96. The Labute approximate surface area is 89.5 Å². The molecule has 0 saturated heterocycles. The molecule has 0 fully saturated rings. The number of nitrogens with zero attached hydrogens (tertiary/aromatic N) is 1. The summed E-state index contributed by atoms with van der Waals surface area (Å²) in [4.78, 5) is 4.07. The van der Waals surface area contributed by atoms with Crippen LogP contribution in [0.5, 0.6) is 0 Å². The molecule has 1 aromatic heterocycles. The lowest BCUT2D eigenvalue weighted by Gasteiger charge is -1.99. The quantitative estimate of drug-likeness (QED) is 0.842. The predicted octanol–water partition coefficient (Wildman–Crippen LogP) is 2.30. The highest BCUT2D eigenvalue weighted by Crippen LogP contribution is 2.10. The van der Waals surface area contributed by atoms with Crippen molar-refractivity contribution in [1.82, 2.24) is 10.3 Å². The number of aromatic nitrogens is 1. The van der Waals surface area contributed by atoms with Gasteiger partial charge in [0.1, 0.15) is 0 Å². The Bertz CT molecular complexity index is 218. The van der Waals surface area contributed by atoms with Crippen LogP contribution in [0.25, 0.3) is 0 Å². The number of halogens is 3. The van der Waals surface area contributed by atoms with Crippen LogP contribution < -0.4 is 5.32 Å². The highest BCUT2D eigenvalue weighted by atomic mass is 35.5. The Morgan fingerprint density at radius 2 is 2.17 bits per heavy atom. The molecule has 0 aromatic carbocycles. The van der Waals surface area contributed by atoms with Gasteiger partial charge in [-0.15, -0.1) is 24.8 Å². The Balaban J connectivity index is 0. The van der Waals surface area contributed by atoms with Gasteiger partial charge >= 0.3 is 0 Å². The van der Waals surface area contributed by atoms with Crippen LogP contribution in [-0.4, -0.2) is 12.0 Å². The van der Waals surface area contributed by atoms with E-state index in [0.29, 0.717) is 0 Å². The van der Waals surface area contributed by atoms with Crippen LogP contribution in [0.3, 0.4) is 0 Å². The summed E-state index contributed by atoms with van der Waals surface area (Å²) in [6.07, 6.45) is 1.73. The lowest BCUT2D eigenvalue weighted by molar-refractivity contribution is 0.791. The van der Waals surface area contributed by atoms with E-state index in [4.69, 9.17) is 11.6 Å². The van der Waals surface area contributed by atoms with Crippen molar-refractivity contribution in [1.29, 1.82) is 0 Å². The van der Waals surface area contributed by atoms with Gasteiger partial charge in [-0.05, 0) is 19.2 Å². The van der Waals surface area contributed by atoms with Gasteiger partial charge in [-0.2, -0.15) is 0 Å². The molecule has 0 bridgehead atoms. The zero-order chi connectivity index (χ0) is 7.40. The fourth-order valence-corrected chi connectivity index (χ4v) is 0.904. The average molecular weight is 230 g/mol. The second kappa shape index (κ2) is 7.62. The summed E-state index contributed by atoms with van der Waals surface area (Å²) in [7, 11) is 1.87. The molecule has 0 aliphatic carbocycles. The lowest BCUT2D eigenvalue weighted by Crippen LogP contribution is -2.06. The van der Waals surface area contributed by atoms with E-state index in [9.17, 15) is 0 Å². The van der Waals surface area contributed by atoms with Crippen LogP contribution in [0, 0.1) is 0 Å². The van der Waals surface area contributed by atoms with E-state index in [1.165, 1.54) is 0 Å². The van der Waals surface area contributed by atoms with Gasteiger partial charge in [0.15, 0.2) is 0 Å². The zero-order valence-electron chi connectivity index (χ0n) is 6.58. The Morgan fingerprint density at radius 1 is 1.50 bits per heavy atom. The molecule has 1 N–H and O–H groups in total. The molecule has 0 amide bonds. The van der Waals surface area contributed by atoms with E-state index in [2.05, 4.69) is 10.3 Å². The fourth-order valence-electron chi connectivity index (χ4n) is 0.716. The Morgan fingerprint density at radius 3 is 2.67 bits per heavy atom. The van der Waals surface area contributed by atoms with Crippen molar-refractivity contribution in [2.24, 2.45) is 0 Å². The van der Waals surface area contributed by atoms with Crippen molar-refractivity contribution in [3.63, 3.8) is 0 Å². The summed E-state index contributed by atoms with van der Waals surface area (Å²) in [6, 6.07) is 3.66. The highest BCUT2D eigenvalue weighted by molar-refractivity contribution is 6.31. The molecule has 0 aliphatic heterocycles. The monoisotopic (exact) mass is 228 g/mol. The standard InChI is InChI=1S/C7H9ClN2.2ClH/c1-9-5-7-6(8)3-2-4-10-7;;/h2-4,9H,5H2,1H3;2*1H. The number of hydrogen-bond donors (Lipinski definition) is 1. The third-order valence-electron chi connectivity index (χ3n) is 1.18. The van der Waals surface area contributed by atoms with E-state index >= 15 is 0 Å². The topological polar surface area (TPSA) is 24.9 Å². The SMILES string of the molecule is CNCc1ncccc1Cl.Cl.Cl. The van der Waals surface area contributed by atoms with Crippen LogP contribution in [0.4, 0.5) is 0 Å². The molecule has 5 heteroatoms. The van der Waals surface area contributed by atoms with Crippen LogP contribution in [-0.2, 0) is 6.54 Å². The smallest absolute Gasteiger partial charge is 0.0727 e. The summed E-state index contributed by atoms with van der Waals surface area (Å²) in [6.45, 7) is 0.722. The van der Waals surface area contributed by atoms with E-state index in [-0.39, 0.29) is 24.8 Å². The van der Waals surface area contributed by atoms with Crippen molar-refractivity contribution >= 4 is 36.4 Å². The second-order valence-corrected chi connectivity index (χ2v) is 2.37. The van der Waals surface area contributed by atoms with Crippen LogP contribution in [0.2, 0.25) is 5.02 Å². The summed E-state index contributed by atoms with van der Waals surface area (Å²) >= 11 is 5.80. The minimum atomic E-state index is 0. The molecular weight excluding hydrogens is 218 g/mol. The maximum Gasteiger partial charge on any atom is 0.0727 e. The largest absolute Gasteiger partial charge is 0.314 e. The number of hydrogen-bond acceptors (Lipinski definition) is 2. The lowest BCUT2D eigenvalue weighted by atomic mass is 10.3. The summed E-state index contributed by atoms with van der Waals surface area (Å²) in [5.41, 5.74) is 0.895. The summed E-state index contributed by atoms with van der Waals surface area (Å²) in [5.74, 6) is 0. The third-order valence-corrected chi connectivity index (χ3v) is 1.52. The van der Waals surface area contributed by atoms with Gasteiger partial charge in [-0.1, -0.05) is 11.6 Å². The normalized spacial score (nSPS) is 8.17. The maximum absolute atomic E-state index is 5.80. The summed E-state index contributed by atoms with van der Waals surface area (Å²) in [5, 5.41) is 3.70. The van der Waals surface area contributed by atoms with Gasteiger partial charge in [0, 0.05) is 12.7 Å². The van der Waals surface area contributed by atoms with Gasteiger partial charge < -0.3 is 5.32 Å². The fraction of sp³-hybridized carbons (Fsp3) is 0.286. The van der Waals surface area contributed by atoms with Crippen LogP contribution in [0.15, 0.2) is 18.3 Å². The van der Waals surface area contributed by atoms with Gasteiger partial charge in [0.25, 0.3) is 0 Å². The molecule has 2 nitrogen and oxygen atoms in total. The van der Waals surface area contributed by atoms with Crippen molar-refractivity contribution in [2.45, 2.75) is 6.54 Å². The number of rotatable bonds is 2. The Hall–Kier alpha value is -0.0200. The molecule has 70 valence electrons. The number of nitrogens with one attached hydrogen (secondary N) is 1. The van der Waals surface area contributed by atoms with Gasteiger partial charge in [-0.3, -0.25) is 4.98 Å². The van der Waals surface area contributed by atoms with Gasteiger partial charge in [0.2, 0.25) is 0 Å². The minimum Gasteiger partial charge on any atom is -0.314 e. The van der Waals surface area contributed by atoms with Crippen molar-refractivity contribution < 1.29 is 0 Å². The molecule has 0 atom stereocenters. The first kappa shape index (κ1) is 14.5. The maximum atomic E-state index is 5.80.